The molecule has 3 rings (SSSR count). The molecule has 1 N–H and O–H groups in total. The summed E-state index contributed by atoms with van der Waals surface area (Å²) in [5.74, 6) is 0.784. The Morgan fingerprint density at radius 3 is 3.16 bits per heavy atom. The number of H-pyrrole nitrogens is 1. The van der Waals surface area contributed by atoms with Gasteiger partial charge in [-0.25, -0.2) is 9.97 Å². The van der Waals surface area contributed by atoms with Gasteiger partial charge < -0.3 is 4.74 Å². The quantitative estimate of drug-likeness (QED) is 0.893. The molecular weight excluding hydrogens is 242 g/mol. The molecule has 2 aromatic rings. The Bertz CT molecular complexity index is 528. The van der Waals surface area contributed by atoms with Crippen molar-refractivity contribution in [1.29, 1.82) is 0 Å². The highest BCUT2D eigenvalue weighted by atomic mass is 16.5. The second-order valence-electron chi connectivity index (χ2n) is 4.71. The van der Waals surface area contributed by atoms with Crippen LogP contribution in [0.25, 0.3) is 0 Å². The van der Waals surface area contributed by atoms with Gasteiger partial charge in [-0.05, 0) is 19.1 Å². The van der Waals surface area contributed by atoms with E-state index in [2.05, 4.69) is 25.1 Å². The summed E-state index contributed by atoms with van der Waals surface area (Å²) < 4.78 is 5.81. The van der Waals surface area contributed by atoms with Crippen molar-refractivity contribution in [1.82, 2.24) is 25.1 Å². The second kappa shape index (κ2) is 5.46. The van der Waals surface area contributed by atoms with Crippen LogP contribution in [0.1, 0.15) is 23.3 Å². The molecule has 1 atom stereocenters. The van der Waals surface area contributed by atoms with Gasteiger partial charge in [0.05, 0.1) is 12.3 Å². The highest BCUT2D eigenvalue weighted by Crippen LogP contribution is 2.21. The summed E-state index contributed by atoms with van der Waals surface area (Å²) in [5.41, 5.74) is 2.08. The topological polar surface area (TPSA) is 66.9 Å². The van der Waals surface area contributed by atoms with Crippen molar-refractivity contribution in [2.45, 2.75) is 19.6 Å². The first kappa shape index (κ1) is 12.3. The maximum Gasteiger partial charge on any atom is 0.125 e. The Labute approximate surface area is 111 Å². The van der Waals surface area contributed by atoms with Crippen LogP contribution in [0, 0.1) is 6.92 Å². The minimum Gasteiger partial charge on any atom is -0.369 e. The van der Waals surface area contributed by atoms with Crippen LogP contribution in [0.3, 0.4) is 0 Å². The first-order chi connectivity index (χ1) is 9.31. The normalized spacial score (nSPS) is 20.6. The highest BCUT2D eigenvalue weighted by Gasteiger charge is 2.23. The number of aryl methyl sites for hydroxylation is 1. The Kier molecular flexibility index (Phi) is 3.52. The molecule has 0 aliphatic carbocycles. The number of rotatable bonds is 3. The number of aromatic nitrogens is 4. The largest absolute Gasteiger partial charge is 0.369 e. The van der Waals surface area contributed by atoms with Gasteiger partial charge in [0.15, 0.2) is 0 Å². The van der Waals surface area contributed by atoms with Crippen molar-refractivity contribution in [2.75, 3.05) is 19.7 Å². The number of nitrogens with zero attached hydrogens (tertiary/aromatic N) is 4. The van der Waals surface area contributed by atoms with Crippen molar-refractivity contribution < 1.29 is 4.74 Å². The lowest BCUT2D eigenvalue weighted by atomic mass is 10.2. The molecule has 0 bridgehead atoms. The molecule has 1 fully saturated rings. The van der Waals surface area contributed by atoms with Crippen molar-refractivity contribution in [3.63, 3.8) is 0 Å². The average Bonchev–Trinajstić information content (AvgIpc) is 2.92. The van der Waals surface area contributed by atoms with Crippen molar-refractivity contribution in [3.05, 3.63) is 41.7 Å². The molecule has 1 saturated heterocycles. The van der Waals surface area contributed by atoms with Crippen LogP contribution in [0.5, 0.6) is 0 Å². The molecular formula is C13H17N5O. The maximum absolute atomic E-state index is 5.81. The zero-order valence-corrected chi connectivity index (χ0v) is 10.9. The van der Waals surface area contributed by atoms with Gasteiger partial charge in [-0.3, -0.25) is 10.00 Å². The summed E-state index contributed by atoms with van der Waals surface area (Å²) in [6.07, 6.45) is 3.59. The van der Waals surface area contributed by atoms with Crippen LogP contribution in [-0.4, -0.2) is 44.8 Å². The standard InChI is InChI=1S/C13H17N5O/c1-10-14-4-3-12(16-10)13-9-18(6-7-19-13)8-11-2-5-15-17-11/h2-5,13H,6-9H2,1H3,(H,15,17). The molecule has 6 heteroatoms. The second-order valence-corrected chi connectivity index (χ2v) is 4.71. The van der Waals surface area contributed by atoms with Gasteiger partial charge in [-0.1, -0.05) is 0 Å². The van der Waals surface area contributed by atoms with E-state index in [1.165, 1.54) is 0 Å². The molecule has 0 radical (unpaired) electrons. The third-order valence-electron chi connectivity index (χ3n) is 3.23. The van der Waals surface area contributed by atoms with Gasteiger partial charge in [-0.2, -0.15) is 5.10 Å². The van der Waals surface area contributed by atoms with E-state index in [9.17, 15) is 0 Å². The van der Waals surface area contributed by atoms with Crippen LogP contribution in [0.4, 0.5) is 0 Å². The van der Waals surface area contributed by atoms with E-state index in [0.717, 1.165) is 43.5 Å². The molecule has 19 heavy (non-hydrogen) atoms. The Morgan fingerprint density at radius 2 is 2.37 bits per heavy atom. The molecule has 1 aliphatic rings. The van der Waals surface area contributed by atoms with E-state index in [0.29, 0.717) is 0 Å². The highest BCUT2D eigenvalue weighted by molar-refractivity contribution is 5.07. The predicted molar refractivity (Wildman–Crippen MR) is 69.3 cm³/mol. The molecule has 1 aliphatic heterocycles. The molecule has 3 heterocycles. The Hall–Kier alpha value is -1.79. The number of nitrogens with one attached hydrogen (secondary N) is 1. The molecule has 2 aromatic heterocycles. The van der Waals surface area contributed by atoms with Crippen molar-refractivity contribution in [3.8, 4) is 0 Å². The summed E-state index contributed by atoms with van der Waals surface area (Å²) in [4.78, 5) is 10.9. The van der Waals surface area contributed by atoms with Crippen molar-refractivity contribution in [2.24, 2.45) is 0 Å². The summed E-state index contributed by atoms with van der Waals surface area (Å²) in [5, 5.41) is 6.96. The molecule has 1 unspecified atom stereocenters. The van der Waals surface area contributed by atoms with Crippen LogP contribution >= 0.6 is 0 Å². The molecule has 0 spiro atoms. The fourth-order valence-electron chi connectivity index (χ4n) is 2.29. The molecule has 0 saturated carbocycles. The van der Waals surface area contributed by atoms with E-state index in [4.69, 9.17) is 4.74 Å². The smallest absolute Gasteiger partial charge is 0.125 e. The summed E-state index contributed by atoms with van der Waals surface area (Å²) in [6, 6.07) is 3.93. The Morgan fingerprint density at radius 1 is 1.42 bits per heavy atom. The van der Waals surface area contributed by atoms with E-state index in [1.807, 2.05) is 19.1 Å². The van der Waals surface area contributed by atoms with E-state index < -0.39 is 0 Å². The molecule has 0 aromatic carbocycles. The molecule has 0 amide bonds. The minimum absolute atomic E-state index is 0.0263. The zero-order valence-electron chi connectivity index (χ0n) is 10.9. The van der Waals surface area contributed by atoms with E-state index in [-0.39, 0.29) is 6.10 Å². The summed E-state index contributed by atoms with van der Waals surface area (Å²) in [7, 11) is 0. The number of hydrogen-bond donors (Lipinski definition) is 1. The minimum atomic E-state index is 0.0263. The van der Waals surface area contributed by atoms with Crippen LogP contribution in [0.15, 0.2) is 24.5 Å². The van der Waals surface area contributed by atoms with E-state index in [1.54, 1.807) is 12.4 Å². The molecule has 100 valence electrons. The monoisotopic (exact) mass is 259 g/mol. The fourth-order valence-corrected chi connectivity index (χ4v) is 2.29. The number of aromatic amines is 1. The van der Waals surface area contributed by atoms with Gasteiger partial charge >= 0.3 is 0 Å². The lowest BCUT2D eigenvalue weighted by Crippen LogP contribution is -2.38. The summed E-state index contributed by atoms with van der Waals surface area (Å²) in [6.45, 7) is 5.26. The van der Waals surface area contributed by atoms with Gasteiger partial charge in [0.1, 0.15) is 11.9 Å². The maximum atomic E-state index is 5.81. The number of ether oxygens (including phenoxy) is 1. The number of morpholine rings is 1. The van der Waals surface area contributed by atoms with Crippen LogP contribution in [0.2, 0.25) is 0 Å². The Balaban J connectivity index is 1.67. The van der Waals surface area contributed by atoms with Crippen molar-refractivity contribution >= 4 is 0 Å². The first-order valence-electron chi connectivity index (χ1n) is 6.43. The third-order valence-corrected chi connectivity index (χ3v) is 3.23. The third kappa shape index (κ3) is 2.97. The lowest BCUT2D eigenvalue weighted by molar-refractivity contribution is -0.0354. The van der Waals surface area contributed by atoms with Gasteiger partial charge in [0, 0.05) is 37.7 Å². The number of hydrogen-bond acceptors (Lipinski definition) is 5. The SMILES string of the molecule is Cc1nccc(C2CN(Cc3ccn[nH]3)CCO2)n1. The van der Waals surface area contributed by atoms with Gasteiger partial charge in [0.25, 0.3) is 0 Å². The van der Waals surface area contributed by atoms with Crippen LogP contribution < -0.4 is 0 Å². The molecule has 6 nitrogen and oxygen atoms in total. The summed E-state index contributed by atoms with van der Waals surface area (Å²) >= 11 is 0. The first-order valence-corrected chi connectivity index (χ1v) is 6.43. The van der Waals surface area contributed by atoms with Gasteiger partial charge in [0.2, 0.25) is 0 Å². The lowest BCUT2D eigenvalue weighted by Gasteiger charge is -2.32. The van der Waals surface area contributed by atoms with E-state index >= 15 is 0 Å². The van der Waals surface area contributed by atoms with Gasteiger partial charge in [-0.15, -0.1) is 0 Å². The predicted octanol–water partition coefficient (Wildman–Crippen LogP) is 1.08. The fraction of sp³-hybridized carbons (Fsp3) is 0.462. The average molecular weight is 259 g/mol. The van der Waals surface area contributed by atoms with Crippen LogP contribution in [-0.2, 0) is 11.3 Å². The zero-order chi connectivity index (χ0) is 13.1.